The summed E-state index contributed by atoms with van der Waals surface area (Å²) >= 11 is 0. The van der Waals surface area contributed by atoms with Crippen LogP contribution in [0.1, 0.15) is 21.7 Å². The Balaban J connectivity index is 1.21. The number of H-pyrrole nitrogens is 1. The number of rotatable bonds is 5. The number of fused-ring (bicyclic) bond motifs is 1. The summed E-state index contributed by atoms with van der Waals surface area (Å²) in [5, 5.41) is 9.93. The van der Waals surface area contributed by atoms with E-state index in [1.807, 2.05) is 49.1 Å². The van der Waals surface area contributed by atoms with E-state index in [1.54, 1.807) is 16.9 Å². The average Bonchev–Trinajstić information content (AvgIpc) is 3.41. The maximum Gasteiger partial charge on any atom is 0.266 e. The molecule has 0 saturated carbocycles. The van der Waals surface area contributed by atoms with Gasteiger partial charge in [-0.2, -0.15) is 5.10 Å². The average molecular weight is 446 g/mol. The van der Waals surface area contributed by atoms with Crippen LogP contribution in [-0.2, 0) is 6.54 Å². The van der Waals surface area contributed by atoms with E-state index in [4.69, 9.17) is 0 Å². The predicted molar refractivity (Wildman–Crippen MR) is 126 cm³/mol. The van der Waals surface area contributed by atoms with Gasteiger partial charge in [-0.25, -0.2) is 9.36 Å². The number of aryl methyl sites for hydroxylation is 2. The van der Waals surface area contributed by atoms with Gasteiger partial charge in [0, 0.05) is 61.6 Å². The van der Waals surface area contributed by atoms with E-state index in [9.17, 15) is 9.59 Å². The Kier molecular flexibility index (Phi) is 5.55. The molecule has 3 aromatic heterocycles. The van der Waals surface area contributed by atoms with Gasteiger partial charge in [-0.05, 0) is 32.0 Å². The Hall–Kier alpha value is -3.72. The molecule has 1 fully saturated rings. The first-order valence-electron chi connectivity index (χ1n) is 11.2. The third-order valence-corrected chi connectivity index (χ3v) is 6.19. The second kappa shape index (κ2) is 8.67. The lowest BCUT2D eigenvalue weighted by molar-refractivity contribution is 0.0633. The second-order valence-corrected chi connectivity index (χ2v) is 8.47. The molecule has 0 unspecified atom stereocenters. The van der Waals surface area contributed by atoms with Crippen LogP contribution in [0.5, 0.6) is 0 Å². The van der Waals surface area contributed by atoms with Crippen molar-refractivity contribution in [3.05, 3.63) is 76.0 Å². The van der Waals surface area contributed by atoms with Crippen molar-refractivity contribution in [2.45, 2.75) is 20.4 Å². The van der Waals surface area contributed by atoms with E-state index in [0.717, 1.165) is 40.9 Å². The van der Waals surface area contributed by atoms with E-state index in [1.165, 1.54) is 10.7 Å². The minimum Gasteiger partial charge on any atom is -0.360 e. The highest BCUT2D eigenvalue weighted by molar-refractivity contribution is 6.06. The molecule has 170 valence electrons. The summed E-state index contributed by atoms with van der Waals surface area (Å²) in [7, 11) is 0. The summed E-state index contributed by atoms with van der Waals surface area (Å²) in [6.45, 7) is 7.93. The molecule has 1 aliphatic rings. The number of hydrogen-bond donors (Lipinski definition) is 1. The molecule has 1 amide bonds. The summed E-state index contributed by atoms with van der Waals surface area (Å²) < 4.78 is 3.25. The summed E-state index contributed by atoms with van der Waals surface area (Å²) in [4.78, 5) is 32.7. The van der Waals surface area contributed by atoms with Gasteiger partial charge in [0.25, 0.3) is 11.5 Å². The van der Waals surface area contributed by atoms with E-state index in [0.29, 0.717) is 32.0 Å². The highest BCUT2D eigenvalue weighted by Gasteiger charge is 2.24. The van der Waals surface area contributed by atoms with Crippen molar-refractivity contribution < 1.29 is 4.79 Å². The first-order chi connectivity index (χ1) is 16.0. The molecule has 0 radical (unpaired) electrons. The minimum absolute atomic E-state index is 0.0579. The van der Waals surface area contributed by atoms with Crippen LogP contribution in [0.2, 0.25) is 0 Å². The van der Waals surface area contributed by atoms with Gasteiger partial charge in [0.1, 0.15) is 0 Å². The molecule has 4 heterocycles. The number of benzene rings is 1. The van der Waals surface area contributed by atoms with Crippen LogP contribution in [0, 0.1) is 13.8 Å². The van der Waals surface area contributed by atoms with Crippen LogP contribution >= 0.6 is 0 Å². The fraction of sp³-hybridized carbons (Fsp3) is 0.333. The Bertz CT molecular complexity index is 1360. The molecule has 0 atom stereocenters. The van der Waals surface area contributed by atoms with Crippen LogP contribution < -0.4 is 5.56 Å². The van der Waals surface area contributed by atoms with Crippen molar-refractivity contribution in [2.24, 2.45) is 0 Å². The van der Waals surface area contributed by atoms with E-state index in [-0.39, 0.29) is 11.5 Å². The first kappa shape index (κ1) is 21.1. The summed E-state index contributed by atoms with van der Waals surface area (Å²) in [5.74, 6) is 0.692. The lowest BCUT2D eigenvalue weighted by atomic mass is 10.1. The molecule has 0 aliphatic carbocycles. The molecule has 0 spiro atoms. The van der Waals surface area contributed by atoms with Gasteiger partial charge < -0.3 is 9.88 Å². The number of aromatic nitrogens is 5. The van der Waals surface area contributed by atoms with Crippen LogP contribution in [-0.4, -0.2) is 73.0 Å². The van der Waals surface area contributed by atoms with E-state index < -0.39 is 0 Å². The van der Waals surface area contributed by atoms with Crippen molar-refractivity contribution >= 4 is 16.8 Å². The normalized spacial score (nSPS) is 14.8. The number of carbonyl (C=O) groups excluding carboxylic acids is 1. The van der Waals surface area contributed by atoms with Crippen LogP contribution in [0.15, 0.2) is 53.5 Å². The number of amides is 1. The largest absolute Gasteiger partial charge is 0.360 e. The molecule has 0 bridgehead atoms. The van der Waals surface area contributed by atoms with Crippen molar-refractivity contribution in [3.63, 3.8) is 0 Å². The van der Waals surface area contributed by atoms with Gasteiger partial charge in [0.05, 0.1) is 17.8 Å². The van der Waals surface area contributed by atoms with Gasteiger partial charge in [-0.15, -0.1) is 5.10 Å². The molecule has 9 nitrogen and oxygen atoms in total. The van der Waals surface area contributed by atoms with Crippen LogP contribution in [0.25, 0.3) is 16.7 Å². The highest BCUT2D eigenvalue weighted by Crippen LogP contribution is 2.20. The summed E-state index contributed by atoms with van der Waals surface area (Å²) in [6.07, 6.45) is 1.80. The summed E-state index contributed by atoms with van der Waals surface area (Å²) in [5.41, 5.74) is 3.44. The number of piperazine rings is 1. The Labute approximate surface area is 191 Å². The maximum absolute atomic E-state index is 13.0. The lowest BCUT2D eigenvalue weighted by Crippen LogP contribution is -2.49. The molecule has 5 rings (SSSR count). The molecule has 1 aromatic carbocycles. The van der Waals surface area contributed by atoms with E-state index in [2.05, 4.69) is 20.1 Å². The zero-order valence-electron chi connectivity index (χ0n) is 18.9. The monoisotopic (exact) mass is 445 g/mol. The van der Waals surface area contributed by atoms with Crippen molar-refractivity contribution in [1.82, 2.24) is 34.3 Å². The highest BCUT2D eigenvalue weighted by atomic mass is 16.2. The van der Waals surface area contributed by atoms with E-state index >= 15 is 0 Å². The van der Waals surface area contributed by atoms with Crippen molar-refractivity contribution in [3.8, 4) is 5.82 Å². The molecule has 4 aromatic rings. The number of hydrogen-bond acceptors (Lipinski definition) is 5. The Morgan fingerprint density at radius 3 is 2.55 bits per heavy atom. The van der Waals surface area contributed by atoms with Crippen LogP contribution in [0.3, 0.4) is 0 Å². The second-order valence-electron chi connectivity index (χ2n) is 8.47. The standard InChI is InChI=1S/C24H27N7O2/c1-17-15-18(2)31(26-17)22-7-8-23(32)30(27-22)14-11-28-9-12-29(13-10-28)24(33)20-16-25-21-6-4-3-5-19(20)21/h3-8,15-16,25H,9-14H2,1-2H3. The molecule has 9 heteroatoms. The quantitative estimate of drug-likeness (QED) is 0.507. The number of para-hydroxylation sites is 1. The van der Waals surface area contributed by atoms with Gasteiger partial charge in [0.2, 0.25) is 0 Å². The minimum atomic E-state index is -0.131. The number of nitrogens with one attached hydrogen (secondary N) is 1. The number of nitrogens with zero attached hydrogens (tertiary/aromatic N) is 6. The molecule has 1 saturated heterocycles. The van der Waals surface area contributed by atoms with Gasteiger partial charge >= 0.3 is 0 Å². The third kappa shape index (κ3) is 4.19. The topological polar surface area (TPSA) is 92.1 Å². The van der Waals surface area contributed by atoms with Crippen LogP contribution in [0.4, 0.5) is 0 Å². The molecule has 1 aliphatic heterocycles. The fourth-order valence-electron chi connectivity index (χ4n) is 4.40. The predicted octanol–water partition coefficient (Wildman–Crippen LogP) is 1.99. The zero-order chi connectivity index (χ0) is 22.9. The molecular weight excluding hydrogens is 418 g/mol. The smallest absolute Gasteiger partial charge is 0.266 e. The van der Waals surface area contributed by atoms with Crippen molar-refractivity contribution in [1.29, 1.82) is 0 Å². The zero-order valence-corrected chi connectivity index (χ0v) is 18.9. The third-order valence-electron chi connectivity index (χ3n) is 6.19. The van der Waals surface area contributed by atoms with Gasteiger partial charge in [-0.3, -0.25) is 14.5 Å². The molecule has 33 heavy (non-hydrogen) atoms. The lowest BCUT2D eigenvalue weighted by Gasteiger charge is -2.34. The SMILES string of the molecule is Cc1cc(C)n(-c2ccc(=O)n(CCN3CCN(C(=O)c4c[nH]c5ccccc45)CC3)n2)n1. The maximum atomic E-state index is 13.0. The summed E-state index contributed by atoms with van der Waals surface area (Å²) in [6, 6.07) is 13.1. The van der Waals surface area contributed by atoms with Gasteiger partial charge in [0.15, 0.2) is 5.82 Å². The number of aromatic amines is 1. The Morgan fingerprint density at radius 1 is 1.00 bits per heavy atom. The fourth-order valence-corrected chi connectivity index (χ4v) is 4.40. The first-order valence-corrected chi connectivity index (χ1v) is 11.2. The molecular formula is C24H27N7O2. The van der Waals surface area contributed by atoms with Gasteiger partial charge in [-0.1, -0.05) is 18.2 Å². The van der Waals surface area contributed by atoms with Crippen molar-refractivity contribution in [2.75, 3.05) is 32.7 Å². The number of carbonyl (C=O) groups is 1. The molecule has 1 N–H and O–H groups in total. The Morgan fingerprint density at radius 2 is 1.79 bits per heavy atom.